The minimum absolute atomic E-state index is 0.0728. The highest BCUT2D eigenvalue weighted by Crippen LogP contribution is 2.13. The first-order valence-corrected chi connectivity index (χ1v) is 5.49. The van der Waals surface area contributed by atoms with Crippen molar-refractivity contribution in [2.75, 3.05) is 0 Å². The molecule has 0 radical (unpaired) electrons. The van der Waals surface area contributed by atoms with Gasteiger partial charge in [0.05, 0.1) is 17.7 Å². The van der Waals surface area contributed by atoms with Gasteiger partial charge in [0.1, 0.15) is 0 Å². The largest absolute Gasteiger partial charge is 0.344 e. The zero-order valence-corrected chi connectivity index (χ0v) is 8.87. The van der Waals surface area contributed by atoms with Crippen LogP contribution in [0.25, 0.3) is 0 Å². The number of nitrogens with two attached hydrogens (primary N) is 1. The van der Waals surface area contributed by atoms with E-state index in [1.165, 1.54) is 0 Å². The van der Waals surface area contributed by atoms with Crippen LogP contribution < -0.4 is 5.73 Å². The fourth-order valence-electron chi connectivity index (χ4n) is 1.47. The van der Waals surface area contributed by atoms with Crippen molar-refractivity contribution in [1.82, 2.24) is 9.55 Å². The highest BCUT2D eigenvalue weighted by molar-refractivity contribution is 7.07. The Kier molecular flexibility index (Phi) is 2.65. The molecule has 0 aromatic carbocycles. The second kappa shape index (κ2) is 3.94. The Labute approximate surface area is 87.2 Å². The van der Waals surface area contributed by atoms with Gasteiger partial charge in [0.2, 0.25) is 0 Å². The molecule has 2 N–H and O–H groups in total. The molecule has 74 valence electrons. The summed E-state index contributed by atoms with van der Waals surface area (Å²) in [5.41, 5.74) is 9.94. The summed E-state index contributed by atoms with van der Waals surface area (Å²) in [7, 11) is 0. The van der Waals surface area contributed by atoms with Crippen molar-refractivity contribution in [3.05, 3.63) is 40.6 Å². The Balaban J connectivity index is 2.21. The molecule has 0 bridgehead atoms. The van der Waals surface area contributed by atoms with Crippen LogP contribution in [0.4, 0.5) is 0 Å². The third-order valence-corrected chi connectivity index (χ3v) is 2.78. The van der Waals surface area contributed by atoms with Crippen LogP contribution in [0.1, 0.15) is 24.4 Å². The van der Waals surface area contributed by atoms with Crippen molar-refractivity contribution in [1.29, 1.82) is 0 Å². The van der Waals surface area contributed by atoms with E-state index in [2.05, 4.69) is 21.0 Å². The van der Waals surface area contributed by atoms with Crippen LogP contribution in [0.2, 0.25) is 0 Å². The fourth-order valence-corrected chi connectivity index (χ4v) is 2.02. The van der Waals surface area contributed by atoms with E-state index in [0.29, 0.717) is 0 Å². The van der Waals surface area contributed by atoms with Crippen LogP contribution in [-0.2, 0) is 6.54 Å². The van der Waals surface area contributed by atoms with Crippen LogP contribution in [0, 0.1) is 0 Å². The van der Waals surface area contributed by atoms with Gasteiger partial charge in [-0.2, -0.15) is 0 Å². The van der Waals surface area contributed by atoms with E-state index in [-0.39, 0.29) is 6.04 Å². The summed E-state index contributed by atoms with van der Waals surface area (Å²) in [6.45, 7) is 2.81. The summed E-state index contributed by atoms with van der Waals surface area (Å²) >= 11 is 1.62. The maximum atomic E-state index is 5.85. The number of nitrogens with zero attached hydrogens (tertiary/aromatic N) is 2. The lowest BCUT2D eigenvalue weighted by Crippen LogP contribution is -2.12. The molecule has 0 aliphatic heterocycles. The van der Waals surface area contributed by atoms with Crippen LogP contribution >= 0.6 is 11.3 Å². The van der Waals surface area contributed by atoms with Crippen molar-refractivity contribution in [3.8, 4) is 0 Å². The lowest BCUT2D eigenvalue weighted by Gasteiger charge is -2.10. The normalized spacial score (nSPS) is 13.0. The van der Waals surface area contributed by atoms with Gasteiger partial charge in [-0.25, -0.2) is 4.98 Å². The van der Waals surface area contributed by atoms with Gasteiger partial charge in [0.15, 0.2) is 0 Å². The van der Waals surface area contributed by atoms with Crippen molar-refractivity contribution in [2.24, 2.45) is 5.73 Å². The zero-order chi connectivity index (χ0) is 9.97. The molecule has 1 unspecified atom stereocenters. The topological polar surface area (TPSA) is 43.8 Å². The first-order valence-electron chi connectivity index (χ1n) is 4.55. The second-order valence-corrected chi connectivity index (χ2v) is 4.05. The number of hydrogen-bond acceptors (Lipinski definition) is 3. The fraction of sp³-hybridized carbons (Fsp3) is 0.300. The molecule has 2 rings (SSSR count). The van der Waals surface area contributed by atoms with Crippen LogP contribution in [-0.4, -0.2) is 9.55 Å². The van der Waals surface area contributed by atoms with Gasteiger partial charge < -0.3 is 10.3 Å². The second-order valence-electron chi connectivity index (χ2n) is 3.33. The first kappa shape index (κ1) is 9.43. The minimum atomic E-state index is 0.0728. The van der Waals surface area contributed by atoms with E-state index in [1.54, 1.807) is 11.3 Å². The molecule has 2 heterocycles. The molecule has 2 aromatic rings. The molecule has 1 atom stereocenters. The standard InChI is InChI=1S/C10H13N3S/c1-8(11)10-3-2-4-13(10)5-9-6-14-7-12-9/h2-4,6-8H,5,11H2,1H3. The molecule has 0 amide bonds. The van der Waals surface area contributed by atoms with Gasteiger partial charge in [-0.15, -0.1) is 11.3 Å². The average Bonchev–Trinajstić information content (AvgIpc) is 2.75. The molecule has 0 saturated heterocycles. The number of hydrogen-bond donors (Lipinski definition) is 1. The van der Waals surface area contributed by atoms with Crippen molar-refractivity contribution >= 4 is 11.3 Å². The van der Waals surface area contributed by atoms with Crippen molar-refractivity contribution in [2.45, 2.75) is 19.5 Å². The lowest BCUT2D eigenvalue weighted by molar-refractivity contribution is 0.669. The molecule has 0 aliphatic carbocycles. The number of rotatable bonds is 3. The Hall–Kier alpha value is -1.13. The van der Waals surface area contributed by atoms with Gasteiger partial charge in [-0.05, 0) is 19.1 Å². The SMILES string of the molecule is CC(N)c1cccn1Cc1cscn1. The van der Waals surface area contributed by atoms with Gasteiger partial charge in [0.25, 0.3) is 0 Å². The number of aromatic nitrogens is 2. The zero-order valence-electron chi connectivity index (χ0n) is 8.05. The first-order chi connectivity index (χ1) is 6.77. The van der Waals surface area contributed by atoms with E-state index >= 15 is 0 Å². The van der Waals surface area contributed by atoms with Gasteiger partial charge in [-0.3, -0.25) is 0 Å². The smallest absolute Gasteiger partial charge is 0.0795 e. The summed E-state index contributed by atoms with van der Waals surface area (Å²) in [6.07, 6.45) is 2.04. The molecule has 14 heavy (non-hydrogen) atoms. The van der Waals surface area contributed by atoms with Gasteiger partial charge in [-0.1, -0.05) is 0 Å². The lowest BCUT2D eigenvalue weighted by atomic mass is 10.2. The molecule has 3 nitrogen and oxygen atoms in total. The van der Waals surface area contributed by atoms with Crippen molar-refractivity contribution in [3.63, 3.8) is 0 Å². The predicted molar refractivity (Wildman–Crippen MR) is 58.3 cm³/mol. The summed E-state index contributed by atoms with van der Waals surface area (Å²) in [4.78, 5) is 4.25. The molecule has 2 aromatic heterocycles. The van der Waals surface area contributed by atoms with Crippen LogP contribution in [0.3, 0.4) is 0 Å². The van der Waals surface area contributed by atoms with Crippen molar-refractivity contribution < 1.29 is 0 Å². The molecular formula is C10H13N3S. The maximum Gasteiger partial charge on any atom is 0.0795 e. The molecule has 4 heteroatoms. The Bertz CT molecular complexity index is 389. The third kappa shape index (κ3) is 1.86. The molecule has 0 aliphatic rings. The Morgan fingerprint density at radius 2 is 2.50 bits per heavy atom. The van der Waals surface area contributed by atoms with Crippen LogP contribution in [0.15, 0.2) is 29.2 Å². The molecular weight excluding hydrogens is 194 g/mol. The predicted octanol–water partition coefficient (Wildman–Crippen LogP) is 2.01. The minimum Gasteiger partial charge on any atom is -0.344 e. The highest BCUT2D eigenvalue weighted by Gasteiger charge is 2.06. The van der Waals surface area contributed by atoms with E-state index in [0.717, 1.165) is 17.9 Å². The summed E-state index contributed by atoms with van der Waals surface area (Å²) < 4.78 is 2.14. The van der Waals surface area contributed by atoms with Gasteiger partial charge in [0, 0.05) is 23.3 Å². The number of thiazole rings is 1. The third-order valence-electron chi connectivity index (χ3n) is 2.15. The Morgan fingerprint density at radius 3 is 3.14 bits per heavy atom. The summed E-state index contributed by atoms with van der Waals surface area (Å²) in [6, 6.07) is 4.14. The maximum absolute atomic E-state index is 5.85. The van der Waals surface area contributed by atoms with E-state index in [1.807, 2.05) is 24.7 Å². The summed E-state index contributed by atoms with van der Waals surface area (Å²) in [5, 5.41) is 2.06. The highest BCUT2D eigenvalue weighted by atomic mass is 32.1. The quantitative estimate of drug-likeness (QED) is 0.836. The molecule has 0 saturated carbocycles. The van der Waals surface area contributed by atoms with Gasteiger partial charge >= 0.3 is 0 Å². The van der Waals surface area contributed by atoms with E-state index in [9.17, 15) is 0 Å². The molecule has 0 fully saturated rings. The Morgan fingerprint density at radius 1 is 1.64 bits per heavy atom. The monoisotopic (exact) mass is 207 g/mol. The summed E-state index contributed by atoms with van der Waals surface area (Å²) in [5.74, 6) is 0. The van der Waals surface area contributed by atoms with Crippen LogP contribution in [0.5, 0.6) is 0 Å². The average molecular weight is 207 g/mol. The molecule has 0 spiro atoms. The van der Waals surface area contributed by atoms with E-state index < -0.39 is 0 Å². The van der Waals surface area contributed by atoms with E-state index in [4.69, 9.17) is 5.73 Å².